The maximum atomic E-state index is 13.0. The maximum absolute atomic E-state index is 13.0. The Morgan fingerprint density at radius 2 is 1.56 bits per heavy atom. The van der Waals surface area contributed by atoms with Crippen molar-refractivity contribution in [2.75, 3.05) is 29.0 Å². The summed E-state index contributed by atoms with van der Waals surface area (Å²) in [4.78, 5) is 38.7. The molecule has 0 radical (unpaired) electrons. The number of hydrogen-bond acceptors (Lipinski definition) is 4. The molecule has 0 atom stereocenters. The Morgan fingerprint density at radius 3 is 2.20 bits per heavy atom. The summed E-state index contributed by atoms with van der Waals surface area (Å²) >= 11 is 0. The minimum absolute atomic E-state index is 0.133. The third kappa shape index (κ3) is 8.08. The zero-order chi connectivity index (χ0) is 32.1. The molecule has 2 heterocycles. The van der Waals surface area contributed by atoms with Crippen LogP contribution in [0, 0.1) is 12.8 Å². The molecule has 234 valence electrons. The number of amides is 4. The van der Waals surface area contributed by atoms with E-state index >= 15 is 0 Å². The molecule has 1 aliphatic heterocycles. The zero-order valence-electron chi connectivity index (χ0n) is 26.1. The third-order valence-electron chi connectivity index (χ3n) is 8.00. The highest BCUT2D eigenvalue weighted by Crippen LogP contribution is 2.27. The molecule has 0 spiro atoms. The predicted octanol–water partition coefficient (Wildman–Crippen LogP) is 7.31. The number of carboxylic acid groups (broad SMARTS) is 1. The van der Waals surface area contributed by atoms with Crippen molar-refractivity contribution < 1.29 is 19.5 Å². The van der Waals surface area contributed by atoms with E-state index in [0.29, 0.717) is 36.2 Å². The Balaban J connectivity index is 1.13. The second-order valence-electron chi connectivity index (χ2n) is 12.6. The lowest BCUT2D eigenvalue weighted by molar-refractivity contribution is 0.0696. The number of carbonyl (C=O) groups excluding carboxylic acids is 2. The van der Waals surface area contributed by atoms with E-state index in [1.807, 2.05) is 61.5 Å². The van der Waals surface area contributed by atoms with Crippen molar-refractivity contribution in [3.05, 3.63) is 101 Å². The van der Waals surface area contributed by atoms with Crippen LogP contribution in [0.1, 0.15) is 60.8 Å². The fraction of sp³-hybridized carbons (Fsp3) is 0.314. The Hall–Kier alpha value is -5.12. The highest BCUT2D eigenvalue weighted by atomic mass is 16.4. The molecule has 10 nitrogen and oxygen atoms in total. The fourth-order valence-electron chi connectivity index (χ4n) is 5.33. The highest BCUT2D eigenvalue weighted by Gasteiger charge is 2.24. The normalized spacial score (nSPS) is 13.7. The number of piperidine rings is 1. The minimum atomic E-state index is -1.03. The summed E-state index contributed by atoms with van der Waals surface area (Å²) in [5, 5.41) is 22.7. The fourth-order valence-corrected chi connectivity index (χ4v) is 5.33. The number of aryl methyl sites for hydroxylation is 1. The molecule has 4 amide bonds. The van der Waals surface area contributed by atoms with Crippen molar-refractivity contribution in [1.82, 2.24) is 14.7 Å². The van der Waals surface area contributed by atoms with Crippen LogP contribution in [0.5, 0.6) is 0 Å². The molecule has 4 aromatic rings. The van der Waals surface area contributed by atoms with E-state index in [1.54, 1.807) is 21.7 Å². The van der Waals surface area contributed by atoms with Crippen molar-refractivity contribution in [1.29, 1.82) is 0 Å². The molecule has 45 heavy (non-hydrogen) atoms. The molecule has 10 heteroatoms. The number of aromatic nitrogens is 2. The number of likely N-dealkylation sites (tertiary alicyclic amines) is 1. The number of hydrogen-bond donors (Lipinski definition) is 4. The van der Waals surface area contributed by atoms with Gasteiger partial charge in [0.15, 0.2) is 0 Å². The minimum Gasteiger partial charge on any atom is -0.478 e. The summed E-state index contributed by atoms with van der Waals surface area (Å²) in [6.45, 7) is 9.56. The summed E-state index contributed by atoms with van der Waals surface area (Å²) in [7, 11) is 0. The van der Waals surface area contributed by atoms with Gasteiger partial charge in [0.1, 0.15) is 5.82 Å². The maximum Gasteiger partial charge on any atom is 0.335 e. The van der Waals surface area contributed by atoms with Crippen LogP contribution in [-0.4, -0.2) is 50.9 Å². The Morgan fingerprint density at radius 1 is 0.867 bits per heavy atom. The highest BCUT2D eigenvalue weighted by molar-refractivity contribution is 5.99. The van der Waals surface area contributed by atoms with E-state index in [9.17, 15) is 19.5 Å². The van der Waals surface area contributed by atoms with Gasteiger partial charge < -0.3 is 20.6 Å². The molecule has 1 fully saturated rings. The average molecular weight is 609 g/mol. The number of carboxylic acids is 1. The Labute approximate surface area is 263 Å². The molecule has 0 bridgehead atoms. The SMILES string of the molecule is Cc1ccc(-n2nc(C(C)(C)C)cc2NC(=O)Nc2ccc(CC3CCN(C(=O)Nc4cccc(C(=O)O)c4)CC3)cc2)cc1. The molecule has 0 aliphatic carbocycles. The lowest BCUT2D eigenvalue weighted by Crippen LogP contribution is -2.41. The van der Waals surface area contributed by atoms with E-state index in [4.69, 9.17) is 5.10 Å². The number of nitrogens with zero attached hydrogens (tertiary/aromatic N) is 3. The van der Waals surface area contributed by atoms with Crippen LogP contribution in [0.15, 0.2) is 78.9 Å². The van der Waals surface area contributed by atoms with Crippen LogP contribution < -0.4 is 16.0 Å². The summed E-state index contributed by atoms with van der Waals surface area (Å²) in [6, 6.07) is 23.5. The predicted molar refractivity (Wildman–Crippen MR) is 177 cm³/mol. The van der Waals surface area contributed by atoms with E-state index in [-0.39, 0.29) is 23.0 Å². The molecule has 1 aromatic heterocycles. The first-order chi connectivity index (χ1) is 21.4. The molecule has 1 saturated heterocycles. The molecule has 3 aromatic carbocycles. The van der Waals surface area contributed by atoms with Crippen LogP contribution in [0.25, 0.3) is 5.69 Å². The average Bonchev–Trinajstić information content (AvgIpc) is 3.43. The first-order valence-electron chi connectivity index (χ1n) is 15.2. The standard InChI is InChI=1S/C35H40N6O4/c1-23-8-14-29(15-9-23)41-31(22-30(39-41)35(2,3)4)38-33(44)36-27-12-10-24(11-13-27)20-25-16-18-40(19-17-25)34(45)37-28-7-5-6-26(21-28)32(42)43/h5-15,21-22,25H,16-20H2,1-4H3,(H,37,45)(H,42,43)(H2,36,38,44). The largest absolute Gasteiger partial charge is 0.478 e. The first-order valence-corrected chi connectivity index (χ1v) is 15.2. The van der Waals surface area contributed by atoms with Crippen LogP contribution >= 0.6 is 0 Å². The van der Waals surface area contributed by atoms with E-state index in [1.165, 1.54) is 17.7 Å². The summed E-state index contributed by atoms with van der Waals surface area (Å²) in [5.74, 6) is -0.00646. The van der Waals surface area contributed by atoms with Crippen LogP contribution in [0.2, 0.25) is 0 Å². The van der Waals surface area contributed by atoms with Crippen LogP contribution in [-0.2, 0) is 11.8 Å². The zero-order valence-corrected chi connectivity index (χ0v) is 26.1. The van der Waals surface area contributed by atoms with E-state index in [2.05, 4.69) is 36.7 Å². The van der Waals surface area contributed by atoms with Gasteiger partial charge in [-0.15, -0.1) is 0 Å². The van der Waals surface area contributed by atoms with Gasteiger partial charge in [-0.05, 0) is 80.1 Å². The van der Waals surface area contributed by atoms with Gasteiger partial charge in [0.2, 0.25) is 0 Å². The van der Waals surface area contributed by atoms with Crippen molar-refractivity contribution in [2.24, 2.45) is 5.92 Å². The Bertz CT molecular complexity index is 1660. The smallest absolute Gasteiger partial charge is 0.335 e. The van der Waals surface area contributed by atoms with Crippen molar-refractivity contribution in [2.45, 2.75) is 52.4 Å². The number of aromatic carboxylic acids is 1. The number of carbonyl (C=O) groups is 3. The number of benzene rings is 3. The van der Waals surface area contributed by atoms with Crippen LogP contribution in [0.3, 0.4) is 0 Å². The quantitative estimate of drug-likeness (QED) is 0.175. The Kier molecular flexibility index (Phi) is 9.22. The monoisotopic (exact) mass is 608 g/mol. The summed E-state index contributed by atoms with van der Waals surface area (Å²) in [6.07, 6.45) is 2.63. The number of rotatable bonds is 7. The molecule has 5 rings (SSSR count). The number of nitrogens with one attached hydrogen (secondary N) is 3. The topological polar surface area (TPSA) is 129 Å². The van der Waals surface area contributed by atoms with Crippen LogP contribution in [0.4, 0.5) is 26.8 Å². The molecular weight excluding hydrogens is 568 g/mol. The summed E-state index contributed by atoms with van der Waals surface area (Å²) < 4.78 is 1.76. The van der Waals surface area contributed by atoms with Gasteiger partial charge in [0.25, 0.3) is 0 Å². The second-order valence-corrected chi connectivity index (χ2v) is 12.6. The number of urea groups is 2. The lowest BCUT2D eigenvalue weighted by Gasteiger charge is -2.32. The van der Waals surface area contributed by atoms with Gasteiger partial charge in [0.05, 0.1) is 16.9 Å². The second kappa shape index (κ2) is 13.3. The van der Waals surface area contributed by atoms with Crippen molar-refractivity contribution in [3.63, 3.8) is 0 Å². The molecule has 0 unspecified atom stereocenters. The summed E-state index contributed by atoms with van der Waals surface area (Å²) in [5.41, 5.74) is 5.16. The van der Waals surface area contributed by atoms with Crippen molar-refractivity contribution >= 4 is 35.2 Å². The molecule has 0 saturated carbocycles. The van der Waals surface area contributed by atoms with E-state index in [0.717, 1.165) is 36.2 Å². The lowest BCUT2D eigenvalue weighted by atomic mass is 9.90. The molecule has 4 N–H and O–H groups in total. The molecule has 1 aliphatic rings. The van der Waals surface area contributed by atoms with Gasteiger partial charge in [-0.3, -0.25) is 5.32 Å². The first kappa shape index (κ1) is 31.3. The van der Waals surface area contributed by atoms with Gasteiger partial charge in [-0.25, -0.2) is 19.1 Å². The third-order valence-corrected chi connectivity index (χ3v) is 8.00. The van der Waals surface area contributed by atoms with Gasteiger partial charge in [-0.1, -0.05) is 56.7 Å². The van der Waals surface area contributed by atoms with Gasteiger partial charge >= 0.3 is 18.0 Å². The molecular formula is C35H40N6O4. The van der Waals surface area contributed by atoms with Crippen molar-refractivity contribution in [3.8, 4) is 5.69 Å². The van der Waals surface area contributed by atoms with Gasteiger partial charge in [0, 0.05) is 35.9 Å². The van der Waals surface area contributed by atoms with Gasteiger partial charge in [-0.2, -0.15) is 5.10 Å². The number of anilines is 3. The van der Waals surface area contributed by atoms with E-state index < -0.39 is 5.97 Å².